The van der Waals surface area contributed by atoms with Crippen molar-refractivity contribution in [1.82, 2.24) is 19.3 Å². The van der Waals surface area contributed by atoms with E-state index in [1.165, 1.54) is 10.6 Å². The molecule has 0 unspecified atom stereocenters. The summed E-state index contributed by atoms with van der Waals surface area (Å²) in [5.41, 5.74) is 2.75. The summed E-state index contributed by atoms with van der Waals surface area (Å²) in [5, 5.41) is 7.25. The van der Waals surface area contributed by atoms with E-state index in [1.54, 1.807) is 16.8 Å². The summed E-state index contributed by atoms with van der Waals surface area (Å²) in [6.45, 7) is 5.65. The van der Waals surface area contributed by atoms with E-state index < -0.39 is 0 Å². The zero-order valence-corrected chi connectivity index (χ0v) is 17.7. The van der Waals surface area contributed by atoms with Gasteiger partial charge in [-0.15, -0.1) is 0 Å². The Labute approximate surface area is 171 Å². The summed E-state index contributed by atoms with van der Waals surface area (Å²) in [6, 6.07) is 10.6. The van der Waals surface area contributed by atoms with Crippen LogP contribution in [0.15, 0.2) is 45.7 Å². The smallest absolute Gasteiger partial charge is 0.255 e. The number of aryl methyl sites for hydroxylation is 3. The molecule has 0 aliphatic carbocycles. The molecule has 2 aromatic heterocycles. The van der Waals surface area contributed by atoms with Gasteiger partial charge in [-0.3, -0.25) is 14.2 Å². The minimum Gasteiger partial charge on any atom is -0.325 e. The molecule has 0 fully saturated rings. The molecule has 0 spiro atoms. The Bertz CT molecular complexity index is 1050. The van der Waals surface area contributed by atoms with Crippen LogP contribution in [0, 0.1) is 13.8 Å². The van der Waals surface area contributed by atoms with Gasteiger partial charge in [-0.05, 0) is 50.6 Å². The average molecular weight is 444 g/mol. The van der Waals surface area contributed by atoms with E-state index in [4.69, 9.17) is 0 Å². The van der Waals surface area contributed by atoms with E-state index in [1.807, 2.05) is 39.0 Å². The molecule has 146 valence electrons. The molecule has 7 nitrogen and oxygen atoms in total. The molecule has 0 saturated heterocycles. The van der Waals surface area contributed by atoms with Crippen LogP contribution in [0.5, 0.6) is 0 Å². The van der Waals surface area contributed by atoms with Gasteiger partial charge in [-0.2, -0.15) is 5.10 Å². The molecule has 3 aromatic rings. The molecule has 3 rings (SSSR count). The van der Waals surface area contributed by atoms with Crippen LogP contribution in [0.2, 0.25) is 0 Å². The van der Waals surface area contributed by atoms with Gasteiger partial charge in [0.15, 0.2) is 0 Å². The van der Waals surface area contributed by atoms with Crippen LogP contribution in [0.3, 0.4) is 0 Å². The Morgan fingerprint density at radius 2 is 1.89 bits per heavy atom. The number of carbonyl (C=O) groups excluding carboxylic acids is 1. The Kier molecular flexibility index (Phi) is 6.08. The first-order valence-corrected chi connectivity index (χ1v) is 9.86. The molecule has 0 aliphatic heterocycles. The first-order valence-electron chi connectivity index (χ1n) is 9.07. The molecule has 8 heteroatoms. The van der Waals surface area contributed by atoms with Crippen molar-refractivity contribution in [2.75, 3.05) is 5.32 Å². The lowest BCUT2D eigenvalue weighted by Crippen LogP contribution is -2.32. The molecule has 2 heterocycles. The Hall–Kier alpha value is -2.74. The molecule has 1 aromatic carbocycles. The normalized spacial score (nSPS) is 10.9. The fourth-order valence-corrected chi connectivity index (χ4v) is 3.21. The van der Waals surface area contributed by atoms with Crippen LogP contribution in [0.25, 0.3) is 5.95 Å². The topological polar surface area (TPSA) is 81.8 Å². The third-order valence-electron chi connectivity index (χ3n) is 4.18. The standard InChI is InChI=1S/C20H22BrN5O2/c1-4-5-17-11-19(28)25(20(23-17)26-14(3)10-13(2)24-26)12-18(27)22-16-8-6-15(21)7-9-16/h6-11H,4-5,12H2,1-3H3,(H,22,27). The molecule has 0 bridgehead atoms. The number of nitrogens with zero attached hydrogens (tertiary/aromatic N) is 4. The van der Waals surface area contributed by atoms with Crippen molar-refractivity contribution in [3.05, 3.63) is 68.3 Å². The predicted octanol–water partition coefficient (Wildman–Crippen LogP) is 3.40. The van der Waals surface area contributed by atoms with Gasteiger partial charge in [0.05, 0.1) is 5.69 Å². The predicted molar refractivity (Wildman–Crippen MR) is 112 cm³/mol. The zero-order valence-electron chi connectivity index (χ0n) is 16.1. The van der Waals surface area contributed by atoms with E-state index in [0.29, 0.717) is 23.8 Å². The number of anilines is 1. The third-order valence-corrected chi connectivity index (χ3v) is 4.70. The molecule has 0 radical (unpaired) electrons. The SMILES string of the molecule is CCCc1cc(=O)n(CC(=O)Nc2ccc(Br)cc2)c(-n2nc(C)cc2C)n1. The molecule has 1 N–H and O–H groups in total. The number of rotatable bonds is 6. The maximum Gasteiger partial charge on any atom is 0.255 e. The van der Waals surface area contributed by atoms with E-state index >= 15 is 0 Å². The fourth-order valence-electron chi connectivity index (χ4n) is 2.94. The summed E-state index contributed by atoms with van der Waals surface area (Å²) in [6.07, 6.45) is 1.56. The summed E-state index contributed by atoms with van der Waals surface area (Å²) in [7, 11) is 0. The van der Waals surface area contributed by atoms with Crippen molar-refractivity contribution in [3.8, 4) is 5.95 Å². The van der Waals surface area contributed by atoms with Crippen LogP contribution >= 0.6 is 15.9 Å². The second-order valence-corrected chi connectivity index (χ2v) is 7.53. The average Bonchev–Trinajstić information content (AvgIpc) is 2.97. The lowest BCUT2D eigenvalue weighted by atomic mass is 10.2. The number of halogens is 1. The quantitative estimate of drug-likeness (QED) is 0.632. The third kappa shape index (κ3) is 4.56. The minimum absolute atomic E-state index is 0.151. The molecule has 28 heavy (non-hydrogen) atoms. The highest BCUT2D eigenvalue weighted by molar-refractivity contribution is 9.10. The number of carbonyl (C=O) groups is 1. The minimum atomic E-state index is -0.308. The first kappa shape index (κ1) is 20.0. The van der Waals surface area contributed by atoms with Crippen molar-refractivity contribution in [3.63, 3.8) is 0 Å². The van der Waals surface area contributed by atoms with Crippen LogP contribution in [0.4, 0.5) is 5.69 Å². The van der Waals surface area contributed by atoms with Crippen LogP contribution in [-0.2, 0) is 17.8 Å². The molecular formula is C20H22BrN5O2. The lowest BCUT2D eigenvalue weighted by molar-refractivity contribution is -0.116. The molecule has 0 saturated carbocycles. The fraction of sp³-hybridized carbons (Fsp3) is 0.300. The van der Waals surface area contributed by atoms with E-state index in [-0.39, 0.29) is 18.0 Å². The molecule has 0 aliphatic rings. The van der Waals surface area contributed by atoms with E-state index in [2.05, 4.69) is 31.3 Å². The lowest BCUT2D eigenvalue weighted by Gasteiger charge is -2.14. The van der Waals surface area contributed by atoms with Gasteiger partial charge in [0.1, 0.15) is 6.54 Å². The summed E-state index contributed by atoms with van der Waals surface area (Å²) >= 11 is 3.36. The zero-order chi connectivity index (χ0) is 20.3. The van der Waals surface area contributed by atoms with Crippen LogP contribution < -0.4 is 10.9 Å². The number of hydrogen-bond donors (Lipinski definition) is 1. The molecule has 0 atom stereocenters. The summed E-state index contributed by atoms with van der Waals surface area (Å²) in [5.74, 6) is 0.0461. The van der Waals surface area contributed by atoms with E-state index in [0.717, 1.165) is 22.3 Å². The highest BCUT2D eigenvalue weighted by atomic mass is 79.9. The number of hydrogen-bond acceptors (Lipinski definition) is 4. The Morgan fingerprint density at radius 1 is 1.18 bits per heavy atom. The second kappa shape index (κ2) is 8.52. The Morgan fingerprint density at radius 3 is 2.50 bits per heavy atom. The van der Waals surface area contributed by atoms with Crippen molar-refractivity contribution in [1.29, 1.82) is 0 Å². The highest BCUT2D eigenvalue weighted by Gasteiger charge is 2.16. The maximum absolute atomic E-state index is 12.8. The second-order valence-electron chi connectivity index (χ2n) is 6.62. The van der Waals surface area contributed by atoms with Crippen molar-refractivity contribution in [2.24, 2.45) is 0 Å². The van der Waals surface area contributed by atoms with Crippen molar-refractivity contribution < 1.29 is 4.79 Å². The number of aromatic nitrogens is 4. The van der Waals surface area contributed by atoms with Crippen molar-refractivity contribution >= 4 is 27.5 Å². The maximum atomic E-state index is 12.8. The largest absolute Gasteiger partial charge is 0.325 e. The van der Waals surface area contributed by atoms with E-state index in [9.17, 15) is 9.59 Å². The monoisotopic (exact) mass is 443 g/mol. The highest BCUT2D eigenvalue weighted by Crippen LogP contribution is 2.15. The summed E-state index contributed by atoms with van der Waals surface area (Å²) in [4.78, 5) is 29.9. The van der Waals surface area contributed by atoms with Gasteiger partial charge in [-0.1, -0.05) is 29.3 Å². The summed E-state index contributed by atoms with van der Waals surface area (Å²) < 4.78 is 3.89. The van der Waals surface area contributed by atoms with Gasteiger partial charge >= 0.3 is 0 Å². The number of nitrogens with one attached hydrogen (secondary N) is 1. The van der Waals surface area contributed by atoms with Gasteiger partial charge in [0, 0.05) is 27.6 Å². The molecular weight excluding hydrogens is 422 g/mol. The van der Waals surface area contributed by atoms with Gasteiger partial charge in [-0.25, -0.2) is 9.67 Å². The van der Waals surface area contributed by atoms with Gasteiger partial charge < -0.3 is 5.32 Å². The van der Waals surface area contributed by atoms with Gasteiger partial charge in [0.2, 0.25) is 11.9 Å². The Balaban J connectivity index is 1.97. The number of amides is 1. The first-order chi connectivity index (χ1) is 13.4. The van der Waals surface area contributed by atoms with Crippen LogP contribution in [-0.4, -0.2) is 25.2 Å². The van der Waals surface area contributed by atoms with Crippen LogP contribution in [0.1, 0.15) is 30.4 Å². The van der Waals surface area contributed by atoms with Crippen molar-refractivity contribution in [2.45, 2.75) is 40.2 Å². The molecule has 1 amide bonds. The number of benzene rings is 1. The van der Waals surface area contributed by atoms with Gasteiger partial charge in [0.25, 0.3) is 5.56 Å².